The Morgan fingerprint density at radius 1 is 1.26 bits per heavy atom. The number of methoxy groups -OCH3 is 2. The summed E-state index contributed by atoms with van der Waals surface area (Å²) in [6.07, 6.45) is 0.701. The second kappa shape index (κ2) is 5.09. The van der Waals surface area contributed by atoms with Crippen LogP contribution in [0.15, 0.2) is 18.2 Å². The zero-order chi connectivity index (χ0) is 14.0. The lowest BCUT2D eigenvalue weighted by molar-refractivity contribution is 0.404. The number of nitrogens with zero attached hydrogens (tertiary/aromatic N) is 2. The minimum atomic E-state index is 0.406. The van der Waals surface area contributed by atoms with E-state index in [2.05, 4.69) is 4.98 Å². The number of nitrogen functional groups attached to an aromatic ring is 2. The van der Waals surface area contributed by atoms with E-state index in [9.17, 15) is 0 Å². The van der Waals surface area contributed by atoms with Gasteiger partial charge in [0.05, 0.1) is 14.2 Å². The van der Waals surface area contributed by atoms with Crippen molar-refractivity contribution in [3.63, 3.8) is 0 Å². The monoisotopic (exact) mass is 262 g/mol. The summed E-state index contributed by atoms with van der Waals surface area (Å²) in [6.45, 7) is 1.97. The lowest BCUT2D eigenvalue weighted by Gasteiger charge is -2.09. The van der Waals surface area contributed by atoms with Crippen LogP contribution >= 0.6 is 0 Å². The Morgan fingerprint density at radius 2 is 2.00 bits per heavy atom. The molecule has 1 heterocycles. The van der Waals surface area contributed by atoms with Gasteiger partial charge >= 0.3 is 0 Å². The maximum absolute atomic E-state index is 6.01. The van der Waals surface area contributed by atoms with Crippen LogP contribution in [0.4, 0.5) is 5.82 Å². The molecule has 0 spiro atoms. The van der Waals surface area contributed by atoms with Crippen molar-refractivity contribution < 1.29 is 9.47 Å². The van der Waals surface area contributed by atoms with Crippen molar-refractivity contribution in [1.82, 2.24) is 9.66 Å². The Morgan fingerprint density at radius 3 is 2.53 bits per heavy atom. The Labute approximate surface area is 111 Å². The Kier molecular flexibility index (Phi) is 3.50. The molecule has 2 rings (SSSR count). The van der Waals surface area contributed by atoms with Gasteiger partial charge in [-0.2, -0.15) is 0 Å². The van der Waals surface area contributed by atoms with Crippen LogP contribution in [-0.4, -0.2) is 23.9 Å². The highest BCUT2D eigenvalue weighted by molar-refractivity contribution is 5.77. The van der Waals surface area contributed by atoms with Gasteiger partial charge in [-0.1, -0.05) is 6.92 Å². The van der Waals surface area contributed by atoms with Gasteiger partial charge in [-0.05, 0) is 18.2 Å². The van der Waals surface area contributed by atoms with Crippen molar-refractivity contribution in [3.8, 4) is 22.8 Å². The summed E-state index contributed by atoms with van der Waals surface area (Å²) in [5.41, 5.74) is 7.37. The van der Waals surface area contributed by atoms with Crippen LogP contribution in [0.3, 0.4) is 0 Å². The zero-order valence-electron chi connectivity index (χ0n) is 11.3. The maximum Gasteiger partial charge on any atom is 0.150 e. The Balaban J connectivity index is 2.63. The van der Waals surface area contributed by atoms with Crippen LogP contribution in [0.1, 0.15) is 12.7 Å². The molecule has 0 saturated heterocycles. The van der Waals surface area contributed by atoms with Crippen molar-refractivity contribution in [2.24, 2.45) is 0 Å². The first kappa shape index (κ1) is 13.1. The topological polar surface area (TPSA) is 88.3 Å². The highest BCUT2D eigenvalue weighted by atomic mass is 16.5. The van der Waals surface area contributed by atoms with Crippen molar-refractivity contribution in [2.75, 3.05) is 25.8 Å². The standard InChI is InChI=1S/C13H18N4O2/c1-4-11-16-12(13(14)17(11)15)9-7-8(18-2)5-6-10(9)19-3/h5-7H,4,14-15H2,1-3H3. The molecule has 4 N–H and O–H groups in total. The summed E-state index contributed by atoms with van der Waals surface area (Å²) < 4.78 is 11.9. The number of ether oxygens (including phenoxy) is 2. The highest BCUT2D eigenvalue weighted by Gasteiger charge is 2.17. The third-order valence-electron chi connectivity index (χ3n) is 3.00. The number of imidazole rings is 1. The number of anilines is 1. The number of benzene rings is 1. The summed E-state index contributed by atoms with van der Waals surface area (Å²) in [6, 6.07) is 5.46. The first-order chi connectivity index (χ1) is 9.12. The predicted molar refractivity (Wildman–Crippen MR) is 74.7 cm³/mol. The lowest BCUT2D eigenvalue weighted by Crippen LogP contribution is -2.14. The Hall–Kier alpha value is -2.37. The molecule has 19 heavy (non-hydrogen) atoms. The van der Waals surface area contributed by atoms with Crippen LogP contribution in [0, 0.1) is 0 Å². The first-order valence-corrected chi connectivity index (χ1v) is 5.96. The van der Waals surface area contributed by atoms with Crippen molar-refractivity contribution >= 4 is 5.82 Å². The second-order valence-corrected chi connectivity index (χ2v) is 4.05. The van der Waals surface area contributed by atoms with Gasteiger partial charge in [0.25, 0.3) is 0 Å². The van der Waals surface area contributed by atoms with E-state index in [1.807, 2.05) is 25.1 Å². The third kappa shape index (κ3) is 2.16. The first-order valence-electron chi connectivity index (χ1n) is 5.96. The molecule has 0 aliphatic heterocycles. The van der Waals surface area contributed by atoms with Crippen LogP contribution in [0.2, 0.25) is 0 Å². The molecule has 0 aliphatic rings. The molecule has 0 bridgehead atoms. The molecule has 6 nitrogen and oxygen atoms in total. The van der Waals surface area contributed by atoms with Crippen LogP contribution in [0.5, 0.6) is 11.5 Å². The largest absolute Gasteiger partial charge is 0.497 e. The van der Waals surface area contributed by atoms with Crippen molar-refractivity contribution in [2.45, 2.75) is 13.3 Å². The summed E-state index contributed by atoms with van der Waals surface area (Å²) in [5.74, 6) is 8.38. The fraction of sp³-hybridized carbons (Fsp3) is 0.308. The van der Waals surface area contributed by atoms with E-state index in [1.54, 1.807) is 14.2 Å². The van der Waals surface area contributed by atoms with Gasteiger partial charge in [0.1, 0.15) is 23.0 Å². The zero-order valence-corrected chi connectivity index (χ0v) is 11.3. The van der Waals surface area contributed by atoms with E-state index in [0.29, 0.717) is 29.4 Å². The molecule has 0 fully saturated rings. The molecule has 0 atom stereocenters. The van der Waals surface area contributed by atoms with E-state index in [-0.39, 0.29) is 0 Å². The second-order valence-electron chi connectivity index (χ2n) is 4.05. The van der Waals surface area contributed by atoms with E-state index < -0.39 is 0 Å². The minimum Gasteiger partial charge on any atom is -0.497 e. The molecule has 0 amide bonds. The van der Waals surface area contributed by atoms with E-state index in [4.69, 9.17) is 21.1 Å². The smallest absolute Gasteiger partial charge is 0.150 e. The normalized spacial score (nSPS) is 10.5. The van der Waals surface area contributed by atoms with Gasteiger partial charge < -0.3 is 21.1 Å². The number of hydrogen-bond acceptors (Lipinski definition) is 5. The summed E-state index contributed by atoms with van der Waals surface area (Å²) in [7, 11) is 3.20. The highest BCUT2D eigenvalue weighted by Crippen LogP contribution is 2.35. The van der Waals surface area contributed by atoms with E-state index >= 15 is 0 Å². The van der Waals surface area contributed by atoms with Crippen molar-refractivity contribution in [1.29, 1.82) is 0 Å². The van der Waals surface area contributed by atoms with E-state index in [0.717, 1.165) is 11.4 Å². The molecular formula is C13H18N4O2. The van der Waals surface area contributed by atoms with Crippen molar-refractivity contribution in [3.05, 3.63) is 24.0 Å². The molecule has 1 aromatic carbocycles. The molecule has 102 valence electrons. The van der Waals surface area contributed by atoms with Crippen LogP contribution in [-0.2, 0) is 6.42 Å². The predicted octanol–water partition coefficient (Wildman–Crippen LogP) is 1.43. The molecule has 0 radical (unpaired) electrons. The minimum absolute atomic E-state index is 0.406. The molecule has 1 aromatic heterocycles. The maximum atomic E-state index is 6.01. The van der Waals surface area contributed by atoms with Gasteiger partial charge in [0.2, 0.25) is 0 Å². The van der Waals surface area contributed by atoms with Crippen LogP contribution in [0.25, 0.3) is 11.3 Å². The Bertz CT molecular complexity index is 593. The number of aryl methyl sites for hydroxylation is 1. The average Bonchev–Trinajstić information content (AvgIpc) is 2.74. The summed E-state index contributed by atoms with van der Waals surface area (Å²) in [4.78, 5) is 4.46. The molecule has 0 aliphatic carbocycles. The quantitative estimate of drug-likeness (QED) is 0.814. The van der Waals surface area contributed by atoms with Gasteiger partial charge in [-0.15, -0.1) is 0 Å². The molecular weight excluding hydrogens is 244 g/mol. The average molecular weight is 262 g/mol. The fourth-order valence-corrected chi connectivity index (χ4v) is 1.94. The summed E-state index contributed by atoms with van der Waals surface area (Å²) in [5, 5.41) is 0. The fourth-order valence-electron chi connectivity index (χ4n) is 1.94. The third-order valence-corrected chi connectivity index (χ3v) is 3.00. The molecule has 0 unspecified atom stereocenters. The molecule has 0 saturated carbocycles. The van der Waals surface area contributed by atoms with Gasteiger partial charge in [-0.3, -0.25) is 0 Å². The van der Waals surface area contributed by atoms with Crippen LogP contribution < -0.4 is 21.1 Å². The van der Waals surface area contributed by atoms with Gasteiger partial charge in [0.15, 0.2) is 5.82 Å². The van der Waals surface area contributed by atoms with Gasteiger partial charge in [0, 0.05) is 12.0 Å². The molecule has 6 heteroatoms. The number of nitrogens with two attached hydrogens (primary N) is 2. The van der Waals surface area contributed by atoms with Gasteiger partial charge in [-0.25, -0.2) is 9.66 Å². The number of rotatable bonds is 4. The summed E-state index contributed by atoms with van der Waals surface area (Å²) >= 11 is 0. The number of aromatic nitrogens is 2. The SMILES string of the molecule is CCc1nc(-c2cc(OC)ccc2OC)c(N)n1N. The number of hydrogen-bond donors (Lipinski definition) is 2. The molecule has 2 aromatic rings. The lowest BCUT2D eigenvalue weighted by atomic mass is 10.1. The van der Waals surface area contributed by atoms with E-state index in [1.165, 1.54) is 4.68 Å².